The van der Waals surface area contributed by atoms with Gasteiger partial charge in [0.15, 0.2) is 0 Å². The van der Waals surface area contributed by atoms with Crippen LogP contribution in [0.5, 0.6) is 0 Å². The largest absolute Gasteiger partial charge is 0.356 e. The maximum absolute atomic E-state index is 4.54. The Morgan fingerprint density at radius 1 is 0.862 bits per heavy atom. The van der Waals surface area contributed by atoms with Gasteiger partial charge in [-0.15, -0.1) is 0 Å². The fraction of sp³-hybridized carbons (Fsp3) is 0.240. The van der Waals surface area contributed by atoms with E-state index < -0.39 is 0 Å². The van der Waals surface area contributed by atoms with Gasteiger partial charge in [0.05, 0.1) is 6.54 Å². The van der Waals surface area contributed by atoms with Crippen molar-refractivity contribution < 1.29 is 0 Å². The number of aryl methyl sites for hydroxylation is 1. The van der Waals surface area contributed by atoms with E-state index in [1.54, 1.807) is 0 Å². The molecule has 2 aromatic rings. The van der Waals surface area contributed by atoms with Crippen LogP contribution in [-0.2, 0) is 0 Å². The number of benzene rings is 2. The predicted molar refractivity (Wildman–Crippen MR) is 126 cm³/mol. The molecule has 0 spiro atoms. The van der Waals surface area contributed by atoms with Crippen molar-refractivity contribution in [3.8, 4) is 0 Å². The second-order valence-electron chi connectivity index (χ2n) is 8.40. The normalized spacial score (nSPS) is 13.4. The van der Waals surface area contributed by atoms with Gasteiger partial charge in [0.25, 0.3) is 0 Å². The highest BCUT2D eigenvalue weighted by atomic mass is 15.1. The van der Waals surface area contributed by atoms with Gasteiger partial charge >= 0.3 is 0 Å². The molecule has 29 heavy (non-hydrogen) atoms. The lowest BCUT2D eigenvalue weighted by Crippen LogP contribution is -2.24. The van der Waals surface area contributed by atoms with Crippen LogP contribution in [0.4, 0.5) is 11.4 Å². The van der Waals surface area contributed by atoms with Crippen molar-refractivity contribution in [1.29, 1.82) is 0 Å². The molecule has 0 saturated heterocycles. The number of rotatable bonds is 6. The van der Waals surface area contributed by atoms with E-state index in [2.05, 4.69) is 92.1 Å². The Kier molecular flexibility index (Phi) is 5.92. The first-order valence-electron chi connectivity index (χ1n) is 9.82. The molecule has 1 aliphatic rings. The van der Waals surface area contributed by atoms with Crippen LogP contribution in [0.25, 0.3) is 5.70 Å². The lowest BCUT2D eigenvalue weighted by atomic mass is 9.87. The van der Waals surface area contributed by atoms with Gasteiger partial charge in [-0.3, -0.25) is 4.99 Å². The zero-order valence-corrected chi connectivity index (χ0v) is 17.8. The van der Waals surface area contributed by atoms with E-state index in [-0.39, 0.29) is 5.41 Å². The van der Waals surface area contributed by atoms with Gasteiger partial charge in [-0.05, 0) is 53.8 Å². The summed E-state index contributed by atoms with van der Waals surface area (Å²) < 4.78 is 0. The molecule has 0 unspecified atom stereocenters. The smallest absolute Gasteiger partial charge is 0.126 e. The van der Waals surface area contributed by atoms with Crippen molar-refractivity contribution in [1.82, 2.24) is 5.32 Å². The second-order valence-corrected chi connectivity index (χ2v) is 8.40. The van der Waals surface area contributed by atoms with E-state index in [1.165, 1.54) is 11.1 Å². The first kappa shape index (κ1) is 20.5. The van der Waals surface area contributed by atoms with Gasteiger partial charge in [-0.2, -0.15) is 0 Å². The predicted octanol–water partition coefficient (Wildman–Crippen LogP) is 5.94. The highest BCUT2D eigenvalue weighted by Gasteiger charge is 2.20. The maximum atomic E-state index is 4.54. The van der Waals surface area contributed by atoms with Gasteiger partial charge in [0.1, 0.15) is 11.7 Å². The van der Waals surface area contributed by atoms with Crippen molar-refractivity contribution in [3.05, 3.63) is 90.3 Å². The molecule has 0 atom stereocenters. The molecule has 3 N–H and O–H groups in total. The van der Waals surface area contributed by atoms with Crippen LogP contribution in [0.1, 0.15) is 31.9 Å². The zero-order chi connectivity index (χ0) is 21.0. The molecule has 1 heterocycles. The third kappa shape index (κ3) is 5.61. The molecule has 1 aliphatic heterocycles. The van der Waals surface area contributed by atoms with Crippen LogP contribution < -0.4 is 16.0 Å². The fourth-order valence-corrected chi connectivity index (χ4v) is 2.95. The summed E-state index contributed by atoms with van der Waals surface area (Å²) in [7, 11) is 0. The lowest BCUT2D eigenvalue weighted by Gasteiger charge is -2.18. The van der Waals surface area contributed by atoms with Crippen molar-refractivity contribution >= 4 is 22.9 Å². The van der Waals surface area contributed by atoms with Crippen LogP contribution in [-0.4, -0.2) is 12.4 Å². The number of amidine groups is 1. The van der Waals surface area contributed by atoms with Crippen LogP contribution in [0.2, 0.25) is 0 Å². The minimum atomic E-state index is 0.132. The Hall–Kier alpha value is -3.27. The van der Waals surface area contributed by atoms with E-state index in [9.17, 15) is 0 Å². The molecule has 0 saturated carbocycles. The Bertz CT molecular complexity index is 955. The van der Waals surface area contributed by atoms with Crippen LogP contribution in [0.3, 0.4) is 0 Å². The number of anilines is 2. The van der Waals surface area contributed by atoms with E-state index >= 15 is 0 Å². The van der Waals surface area contributed by atoms with Crippen LogP contribution in [0.15, 0.2) is 84.2 Å². The maximum Gasteiger partial charge on any atom is 0.126 e. The molecule has 0 fully saturated rings. The Morgan fingerprint density at radius 3 is 2.00 bits per heavy atom. The first-order chi connectivity index (χ1) is 13.7. The Balaban J connectivity index is 1.54. The summed E-state index contributed by atoms with van der Waals surface area (Å²) in [4.78, 5) is 4.54. The standard InChI is InChI=1S/C25H30N4/c1-17-7-9-20(10-8-17)18(2)27-22-11-13-23(14-12-22)28-19(3)29-24-15-21(16-26-24)25(4,5)6/h7-15,27-28H,2-3,16H2,1,4-6H3,(H,26,29). The average Bonchev–Trinajstić information content (AvgIpc) is 3.12. The summed E-state index contributed by atoms with van der Waals surface area (Å²) in [6.45, 7) is 17.6. The molecule has 0 bridgehead atoms. The summed E-state index contributed by atoms with van der Waals surface area (Å²) in [6, 6.07) is 16.3. The molecular formula is C25H30N4. The Morgan fingerprint density at radius 2 is 1.45 bits per heavy atom. The van der Waals surface area contributed by atoms with Crippen LogP contribution >= 0.6 is 0 Å². The molecule has 0 amide bonds. The van der Waals surface area contributed by atoms with Crippen molar-refractivity contribution in [3.63, 3.8) is 0 Å². The highest BCUT2D eigenvalue weighted by Crippen LogP contribution is 2.27. The molecule has 4 heteroatoms. The summed E-state index contributed by atoms with van der Waals surface area (Å²) in [5.41, 5.74) is 6.57. The summed E-state index contributed by atoms with van der Waals surface area (Å²) in [5, 5.41) is 9.86. The fourth-order valence-electron chi connectivity index (χ4n) is 2.95. The van der Waals surface area contributed by atoms with Gasteiger partial charge in [-0.25, -0.2) is 0 Å². The van der Waals surface area contributed by atoms with E-state index in [1.807, 2.05) is 24.3 Å². The average molecular weight is 387 g/mol. The van der Waals surface area contributed by atoms with Crippen molar-refractivity contribution in [2.24, 2.45) is 10.4 Å². The van der Waals surface area contributed by atoms with Crippen molar-refractivity contribution in [2.45, 2.75) is 27.7 Å². The molecule has 2 aromatic carbocycles. The monoisotopic (exact) mass is 386 g/mol. The Labute approximate surface area is 174 Å². The molecule has 0 aromatic heterocycles. The van der Waals surface area contributed by atoms with Gasteiger partial charge in [-0.1, -0.05) is 63.8 Å². The minimum absolute atomic E-state index is 0.132. The third-order valence-electron chi connectivity index (χ3n) is 4.85. The van der Waals surface area contributed by atoms with Crippen LogP contribution in [0, 0.1) is 12.3 Å². The minimum Gasteiger partial charge on any atom is -0.356 e. The number of hydrogen-bond donors (Lipinski definition) is 3. The van der Waals surface area contributed by atoms with Gasteiger partial charge in [0, 0.05) is 17.1 Å². The topological polar surface area (TPSA) is 48.5 Å². The highest BCUT2D eigenvalue weighted by molar-refractivity contribution is 5.97. The van der Waals surface area contributed by atoms with Gasteiger partial charge < -0.3 is 16.0 Å². The van der Waals surface area contributed by atoms with E-state index in [4.69, 9.17) is 0 Å². The molecule has 4 nitrogen and oxygen atoms in total. The zero-order valence-electron chi connectivity index (χ0n) is 17.8. The number of nitrogens with zero attached hydrogens (tertiary/aromatic N) is 1. The number of hydrogen-bond acceptors (Lipinski definition) is 4. The third-order valence-corrected chi connectivity index (χ3v) is 4.85. The molecule has 150 valence electrons. The molecule has 0 aliphatic carbocycles. The second kappa shape index (κ2) is 8.39. The number of nitrogens with one attached hydrogen (secondary N) is 3. The summed E-state index contributed by atoms with van der Waals surface area (Å²) >= 11 is 0. The van der Waals surface area contributed by atoms with E-state index in [0.717, 1.165) is 35.0 Å². The summed E-state index contributed by atoms with van der Waals surface area (Å²) in [6.07, 6.45) is 2.11. The van der Waals surface area contributed by atoms with E-state index in [0.29, 0.717) is 5.82 Å². The molecular weight excluding hydrogens is 356 g/mol. The molecule has 0 radical (unpaired) electrons. The molecule has 3 rings (SSSR count). The SMILES string of the molecule is C=C(NC1=NCC(C(C)(C)C)=C1)Nc1ccc(NC(=C)c2ccc(C)cc2)cc1. The number of aliphatic imine (C=N–C) groups is 1. The quantitative estimate of drug-likeness (QED) is 0.576. The van der Waals surface area contributed by atoms with Gasteiger partial charge in [0.2, 0.25) is 0 Å². The first-order valence-corrected chi connectivity index (χ1v) is 9.82. The lowest BCUT2D eigenvalue weighted by molar-refractivity contribution is 0.499. The summed E-state index contributed by atoms with van der Waals surface area (Å²) in [5.74, 6) is 1.54. The van der Waals surface area contributed by atoms with Crippen molar-refractivity contribution in [2.75, 3.05) is 17.2 Å².